The van der Waals surface area contributed by atoms with E-state index in [9.17, 15) is 14.4 Å². The fourth-order valence-electron chi connectivity index (χ4n) is 2.61. The molecule has 0 radical (unpaired) electrons. The summed E-state index contributed by atoms with van der Waals surface area (Å²) in [5.41, 5.74) is 1.45. The van der Waals surface area contributed by atoms with Gasteiger partial charge in [0, 0.05) is 18.5 Å². The van der Waals surface area contributed by atoms with E-state index in [0.29, 0.717) is 17.7 Å². The van der Waals surface area contributed by atoms with E-state index in [4.69, 9.17) is 4.74 Å². The molecule has 1 aliphatic heterocycles. The Morgan fingerprint density at radius 3 is 2.64 bits per heavy atom. The van der Waals surface area contributed by atoms with Crippen LogP contribution in [0.3, 0.4) is 0 Å². The van der Waals surface area contributed by atoms with Crippen LogP contribution in [-0.4, -0.2) is 28.1 Å². The highest BCUT2D eigenvalue weighted by Crippen LogP contribution is 2.30. The zero-order valence-corrected chi connectivity index (χ0v) is 12.9. The van der Waals surface area contributed by atoms with Crippen molar-refractivity contribution in [2.24, 2.45) is 7.05 Å². The molecule has 2 aromatic rings. The maximum Gasteiger partial charge on any atom is 0.286 e. The minimum atomic E-state index is -0.443. The fraction of sp³-hybridized carbons (Fsp3) is 0.267. The second kappa shape index (κ2) is 5.49. The second-order valence-electron chi connectivity index (χ2n) is 5.01. The number of methoxy groups -OCH3 is 1. The van der Waals surface area contributed by atoms with E-state index >= 15 is 0 Å². The van der Waals surface area contributed by atoms with E-state index in [0.717, 1.165) is 22.7 Å². The van der Waals surface area contributed by atoms with Crippen molar-refractivity contribution in [3.8, 4) is 5.75 Å². The normalized spacial score (nSPS) is 17.8. The Balaban J connectivity index is 2.12. The molecule has 1 aromatic heterocycles. The lowest BCUT2D eigenvalue weighted by Gasteiger charge is -2.14. The molecule has 1 aromatic carbocycles. The minimum absolute atomic E-state index is 0.133. The van der Waals surface area contributed by atoms with Gasteiger partial charge in [0.05, 0.1) is 17.9 Å². The molecule has 22 heavy (non-hydrogen) atoms. The van der Waals surface area contributed by atoms with Crippen LogP contribution in [0.4, 0.5) is 4.79 Å². The molecule has 0 aliphatic carbocycles. The quantitative estimate of drug-likeness (QED) is 0.926. The number of imide groups is 1. The number of hydrogen-bond donors (Lipinski definition) is 1. The summed E-state index contributed by atoms with van der Waals surface area (Å²) in [4.78, 5) is 34.9. The van der Waals surface area contributed by atoms with Crippen molar-refractivity contribution in [1.82, 2.24) is 9.88 Å². The Labute approximate surface area is 130 Å². The second-order valence-corrected chi connectivity index (χ2v) is 6.18. The minimum Gasteiger partial charge on any atom is -0.495 e. The monoisotopic (exact) mass is 318 g/mol. The fourth-order valence-corrected chi connectivity index (χ4v) is 3.46. The maximum absolute atomic E-state index is 11.8. The Morgan fingerprint density at radius 1 is 1.23 bits per heavy atom. The highest BCUT2D eigenvalue weighted by Gasteiger charge is 2.32. The molecule has 1 saturated heterocycles. The number of benzene rings is 1. The van der Waals surface area contributed by atoms with Crippen LogP contribution in [0.15, 0.2) is 29.1 Å². The molecule has 2 amide bonds. The summed E-state index contributed by atoms with van der Waals surface area (Å²) < 4.78 is 6.85. The van der Waals surface area contributed by atoms with Gasteiger partial charge in [0.15, 0.2) is 0 Å². The average molecular weight is 318 g/mol. The molecule has 1 fully saturated rings. The molecule has 3 rings (SSSR count). The molecule has 1 atom stereocenters. The molecule has 1 aliphatic rings. The standard InChI is InChI=1S/C15H14N2O4S/c1-17-12(18)6-4-9-8(3-5-10(21-2)13(9)17)7-11-14(19)16-15(20)22-11/h3-6,11H,7H2,1-2H3,(H,16,19,20). The van der Waals surface area contributed by atoms with E-state index in [1.54, 1.807) is 26.3 Å². The highest BCUT2D eigenvalue weighted by atomic mass is 32.2. The molecule has 114 valence electrons. The number of rotatable bonds is 3. The maximum atomic E-state index is 11.8. The number of thioether (sulfide) groups is 1. The first-order chi connectivity index (χ1) is 10.5. The van der Waals surface area contributed by atoms with Crippen LogP contribution in [-0.2, 0) is 18.3 Å². The van der Waals surface area contributed by atoms with Crippen molar-refractivity contribution in [3.05, 3.63) is 40.2 Å². The van der Waals surface area contributed by atoms with Gasteiger partial charge in [0.1, 0.15) is 5.75 Å². The lowest BCUT2D eigenvalue weighted by atomic mass is 10.0. The smallest absolute Gasteiger partial charge is 0.286 e. The van der Waals surface area contributed by atoms with E-state index in [1.807, 2.05) is 6.07 Å². The van der Waals surface area contributed by atoms with Crippen LogP contribution in [0.2, 0.25) is 0 Å². The summed E-state index contributed by atoms with van der Waals surface area (Å²) in [5.74, 6) is 0.322. The van der Waals surface area contributed by atoms with Crippen molar-refractivity contribution < 1.29 is 14.3 Å². The molecule has 2 heterocycles. The van der Waals surface area contributed by atoms with Gasteiger partial charge in [-0.05, 0) is 24.1 Å². The van der Waals surface area contributed by atoms with Crippen LogP contribution in [0.5, 0.6) is 5.75 Å². The van der Waals surface area contributed by atoms with Crippen LogP contribution in [0, 0.1) is 0 Å². The lowest BCUT2D eigenvalue weighted by molar-refractivity contribution is -0.118. The number of pyridine rings is 1. The highest BCUT2D eigenvalue weighted by molar-refractivity contribution is 8.15. The SMILES string of the molecule is COc1ccc(CC2SC(=O)NC2=O)c2ccc(=O)n(C)c12. The van der Waals surface area contributed by atoms with E-state index < -0.39 is 5.25 Å². The Kier molecular flexibility index (Phi) is 3.66. The van der Waals surface area contributed by atoms with Crippen LogP contribution < -0.4 is 15.6 Å². The van der Waals surface area contributed by atoms with Crippen LogP contribution >= 0.6 is 11.8 Å². The largest absolute Gasteiger partial charge is 0.495 e. The van der Waals surface area contributed by atoms with E-state index in [-0.39, 0.29) is 16.7 Å². The van der Waals surface area contributed by atoms with E-state index in [2.05, 4.69) is 5.32 Å². The van der Waals surface area contributed by atoms with E-state index in [1.165, 1.54) is 10.6 Å². The Bertz CT molecular complexity index is 843. The molecule has 0 bridgehead atoms. The number of nitrogens with zero attached hydrogens (tertiary/aromatic N) is 1. The summed E-state index contributed by atoms with van der Waals surface area (Å²) in [6.07, 6.45) is 0.418. The predicted octanol–water partition coefficient (Wildman–Crippen LogP) is 1.44. The first-order valence-electron chi connectivity index (χ1n) is 6.68. The molecular weight excluding hydrogens is 304 g/mol. The molecule has 7 heteroatoms. The van der Waals surface area contributed by atoms with Crippen molar-refractivity contribution >= 4 is 33.8 Å². The number of fused-ring (bicyclic) bond motifs is 1. The van der Waals surface area contributed by atoms with Gasteiger partial charge in [-0.2, -0.15) is 0 Å². The third-order valence-corrected chi connectivity index (χ3v) is 4.70. The summed E-state index contributed by atoms with van der Waals surface area (Å²) in [6, 6.07) is 6.85. The van der Waals surface area contributed by atoms with Gasteiger partial charge in [-0.1, -0.05) is 17.8 Å². The zero-order chi connectivity index (χ0) is 15.9. The number of nitrogens with one attached hydrogen (secondary N) is 1. The number of amides is 2. The summed E-state index contributed by atoms with van der Waals surface area (Å²) in [5, 5.41) is 2.36. The number of carbonyl (C=O) groups is 2. The van der Waals surface area contributed by atoms with Crippen LogP contribution in [0.25, 0.3) is 10.9 Å². The van der Waals surface area contributed by atoms with Crippen LogP contribution in [0.1, 0.15) is 5.56 Å². The van der Waals surface area contributed by atoms with Gasteiger partial charge in [0.25, 0.3) is 10.8 Å². The number of carbonyl (C=O) groups excluding carboxylic acids is 2. The van der Waals surface area contributed by atoms with Crippen molar-refractivity contribution in [2.75, 3.05) is 7.11 Å². The Morgan fingerprint density at radius 2 is 2.00 bits per heavy atom. The predicted molar refractivity (Wildman–Crippen MR) is 84.4 cm³/mol. The molecule has 6 nitrogen and oxygen atoms in total. The molecule has 1 unspecified atom stereocenters. The van der Waals surface area contributed by atoms with Gasteiger partial charge in [-0.25, -0.2) is 0 Å². The van der Waals surface area contributed by atoms with Gasteiger partial charge in [0.2, 0.25) is 5.91 Å². The number of hydrogen-bond acceptors (Lipinski definition) is 5. The van der Waals surface area contributed by atoms with Crippen molar-refractivity contribution in [3.63, 3.8) is 0 Å². The number of aryl methyl sites for hydroxylation is 1. The summed E-state index contributed by atoms with van der Waals surface area (Å²) in [7, 11) is 3.22. The van der Waals surface area contributed by atoms with Gasteiger partial charge < -0.3 is 9.30 Å². The third kappa shape index (κ3) is 2.37. The first-order valence-corrected chi connectivity index (χ1v) is 7.56. The van der Waals surface area contributed by atoms with Crippen molar-refractivity contribution in [1.29, 1.82) is 0 Å². The number of ether oxygens (including phenoxy) is 1. The topological polar surface area (TPSA) is 77.4 Å². The number of aromatic nitrogens is 1. The van der Waals surface area contributed by atoms with Gasteiger partial charge in [-0.15, -0.1) is 0 Å². The molecule has 1 N–H and O–H groups in total. The third-order valence-electron chi connectivity index (χ3n) is 3.72. The average Bonchev–Trinajstić information content (AvgIpc) is 2.81. The first kappa shape index (κ1) is 14.6. The molecular formula is C15H14N2O4S. The molecule has 0 saturated carbocycles. The Hall–Kier alpha value is -2.28. The summed E-state index contributed by atoms with van der Waals surface area (Å²) in [6.45, 7) is 0. The lowest BCUT2D eigenvalue weighted by Crippen LogP contribution is -2.25. The summed E-state index contributed by atoms with van der Waals surface area (Å²) >= 11 is 0.995. The van der Waals surface area contributed by atoms with Gasteiger partial charge >= 0.3 is 0 Å². The molecule has 0 spiro atoms. The zero-order valence-electron chi connectivity index (χ0n) is 12.1. The van der Waals surface area contributed by atoms with Crippen molar-refractivity contribution in [2.45, 2.75) is 11.7 Å². The van der Waals surface area contributed by atoms with Gasteiger partial charge in [-0.3, -0.25) is 19.7 Å².